The summed E-state index contributed by atoms with van der Waals surface area (Å²) in [7, 11) is 3.43. The molecular formula is C18H26N2O3. The highest BCUT2D eigenvalue weighted by molar-refractivity contribution is 5.93. The van der Waals surface area contributed by atoms with E-state index in [4.69, 9.17) is 4.74 Å². The van der Waals surface area contributed by atoms with Gasteiger partial charge in [0, 0.05) is 31.7 Å². The maximum absolute atomic E-state index is 12.4. The third kappa shape index (κ3) is 4.24. The molecule has 1 aromatic rings. The summed E-state index contributed by atoms with van der Waals surface area (Å²) in [5.41, 5.74) is 0.604. The number of likely N-dealkylation sites (tertiary alicyclic amines) is 1. The Hall–Kier alpha value is -2.04. The van der Waals surface area contributed by atoms with Crippen LogP contribution in [0.15, 0.2) is 24.3 Å². The van der Waals surface area contributed by atoms with Crippen LogP contribution in [0.1, 0.15) is 43.5 Å². The molecule has 1 aliphatic rings. The third-order valence-electron chi connectivity index (χ3n) is 4.35. The van der Waals surface area contributed by atoms with Gasteiger partial charge in [0.25, 0.3) is 11.8 Å². The van der Waals surface area contributed by atoms with Crippen LogP contribution in [0.3, 0.4) is 0 Å². The Morgan fingerprint density at radius 2 is 1.70 bits per heavy atom. The number of piperidine rings is 1. The quantitative estimate of drug-likeness (QED) is 0.857. The van der Waals surface area contributed by atoms with Crippen molar-refractivity contribution in [2.24, 2.45) is 0 Å². The molecule has 2 unspecified atom stereocenters. The molecule has 5 nitrogen and oxygen atoms in total. The second-order valence-electron chi connectivity index (χ2n) is 6.44. The first-order chi connectivity index (χ1) is 10.9. The van der Waals surface area contributed by atoms with Crippen LogP contribution in [0.25, 0.3) is 0 Å². The molecule has 2 rings (SSSR count). The van der Waals surface area contributed by atoms with Gasteiger partial charge in [0.2, 0.25) is 0 Å². The van der Waals surface area contributed by atoms with Crippen LogP contribution in [0.4, 0.5) is 0 Å². The van der Waals surface area contributed by atoms with E-state index < -0.39 is 0 Å². The molecule has 0 bridgehead atoms. The van der Waals surface area contributed by atoms with Crippen LogP contribution >= 0.6 is 0 Å². The number of rotatable bonds is 4. The van der Waals surface area contributed by atoms with E-state index >= 15 is 0 Å². The van der Waals surface area contributed by atoms with Gasteiger partial charge in [-0.15, -0.1) is 0 Å². The van der Waals surface area contributed by atoms with Crippen LogP contribution in [0.5, 0.6) is 5.75 Å². The van der Waals surface area contributed by atoms with Crippen molar-refractivity contribution in [1.82, 2.24) is 9.80 Å². The molecule has 0 N–H and O–H groups in total. The van der Waals surface area contributed by atoms with Crippen molar-refractivity contribution in [3.05, 3.63) is 29.8 Å². The number of ether oxygens (including phenoxy) is 1. The number of hydrogen-bond donors (Lipinski definition) is 0. The molecule has 2 amide bonds. The summed E-state index contributed by atoms with van der Waals surface area (Å²) in [6.07, 6.45) is 3.28. The summed E-state index contributed by atoms with van der Waals surface area (Å²) in [6.45, 7) is 4.22. The van der Waals surface area contributed by atoms with Gasteiger partial charge in [-0.3, -0.25) is 9.59 Å². The number of amides is 2. The maximum atomic E-state index is 12.4. The first kappa shape index (κ1) is 17.3. The van der Waals surface area contributed by atoms with Crippen LogP contribution in [-0.2, 0) is 4.79 Å². The minimum absolute atomic E-state index is 0.0261. The lowest BCUT2D eigenvalue weighted by atomic mass is 9.97. The predicted octanol–water partition coefficient (Wildman–Crippen LogP) is 2.56. The number of carbonyl (C=O) groups is 2. The summed E-state index contributed by atoms with van der Waals surface area (Å²) in [4.78, 5) is 27.7. The van der Waals surface area contributed by atoms with E-state index in [2.05, 4.69) is 13.8 Å². The Morgan fingerprint density at radius 3 is 2.22 bits per heavy atom. The monoisotopic (exact) mass is 318 g/mol. The molecule has 23 heavy (non-hydrogen) atoms. The SMILES string of the molecule is CC1CCCC(C)N1C(=O)COc1ccc(C(=O)N(C)C)cc1. The highest BCUT2D eigenvalue weighted by atomic mass is 16.5. The van der Waals surface area contributed by atoms with Gasteiger partial charge in [-0.2, -0.15) is 0 Å². The van der Waals surface area contributed by atoms with Crippen molar-refractivity contribution >= 4 is 11.8 Å². The fourth-order valence-corrected chi connectivity index (χ4v) is 3.08. The van der Waals surface area contributed by atoms with E-state index in [9.17, 15) is 9.59 Å². The fourth-order valence-electron chi connectivity index (χ4n) is 3.08. The van der Waals surface area contributed by atoms with E-state index in [-0.39, 0.29) is 30.5 Å². The molecule has 2 atom stereocenters. The number of nitrogens with zero attached hydrogens (tertiary/aromatic N) is 2. The maximum Gasteiger partial charge on any atom is 0.260 e. The summed E-state index contributed by atoms with van der Waals surface area (Å²) >= 11 is 0. The smallest absolute Gasteiger partial charge is 0.260 e. The first-order valence-electron chi connectivity index (χ1n) is 8.16. The van der Waals surface area contributed by atoms with Gasteiger partial charge < -0.3 is 14.5 Å². The molecule has 5 heteroatoms. The van der Waals surface area contributed by atoms with Gasteiger partial charge in [0.15, 0.2) is 6.61 Å². The minimum atomic E-state index is -0.0522. The second kappa shape index (κ2) is 7.49. The van der Waals surface area contributed by atoms with E-state index in [0.29, 0.717) is 11.3 Å². The van der Waals surface area contributed by atoms with Crippen molar-refractivity contribution in [2.75, 3.05) is 20.7 Å². The van der Waals surface area contributed by atoms with Crippen molar-refractivity contribution in [1.29, 1.82) is 0 Å². The molecule has 0 spiro atoms. The zero-order chi connectivity index (χ0) is 17.0. The molecule has 1 aliphatic heterocycles. The van der Waals surface area contributed by atoms with Gasteiger partial charge in [0.05, 0.1) is 0 Å². The Morgan fingerprint density at radius 1 is 1.13 bits per heavy atom. The summed E-state index contributed by atoms with van der Waals surface area (Å²) in [5, 5.41) is 0. The van der Waals surface area contributed by atoms with Crippen LogP contribution in [-0.4, -0.2) is 54.4 Å². The van der Waals surface area contributed by atoms with Crippen LogP contribution in [0, 0.1) is 0 Å². The lowest BCUT2D eigenvalue weighted by Crippen LogP contribution is -2.49. The molecule has 1 fully saturated rings. The normalized spacial score (nSPS) is 21.0. The molecule has 0 saturated carbocycles. The first-order valence-corrected chi connectivity index (χ1v) is 8.16. The van der Waals surface area contributed by atoms with Gasteiger partial charge in [-0.1, -0.05) is 0 Å². The number of carbonyl (C=O) groups excluding carboxylic acids is 2. The second-order valence-corrected chi connectivity index (χ2v) is 6.44. The molecule has 0 aromatic heterocycles. The lowest BCUT2D eigenvalue weighted by Gasteiger charge is -2.38. The predicted molar refractivity (Wildman–Crippen MR) is 89.6 cm³/mol. The van der Waals surface area contributed by atoms with Crippen molar-refractivity contribution in [3.63, 3.8) is 0 Å². The highest BCUT2D eigenvalue weighted by Crippen LogP contribution is 2.23. The van der Waals surface area contributed by atoms with Gasteiger partial charge in [0.1, 0.15) is 5.75 Å². The van der Waals surface area contributed by atoms with Gasteiger partial charge in [-0.05, 0) is 57.4 Å². The van der Waals surface area contributed by atoms with Crippen molar-refractivity contribution < 1.29 is 14.3 Å². The average Bonchev–Trinajstić information content (AvgIpc) is 2.52. The summed E-state index contributed by atoms with van der Waals surface area (Å²) in [5.74, 6) is 0.577. The zero-order valence-electron chi connectivity index (χ0n) is 14.4. The van der Waals surface area contributed by atoms with Crippen LogP contribution in [0.2, 0.25) is 0 Å². The van der Waals surface area contributed by atoms with Crippen molar-refractivity contribution in [3.8, 4) is 5.75 Å². The Kier molecular flexibility index (Phi) is 5.64. The largest absolute Gasteiger partial charge is 0.484 e. The highest BCUT2D eigenvalue weighted by Gasteiger charge is 2.28. The lowest BCUT2D eigenvalue weighted by molar-refractivity contribution is -0.139. The van der Waals surface area contributed by atoms with Crippen LogP contribution < -0.4 is 4.74 Å². The van der Waals surface area contributed by atoms with Gasteiger partial charge in [-0.25, -0.2) is 0 Å². The Bertz CT molecular complexity index is 544. The molecule has 1 heterocycles. The number of hydrogen-bond acceptors (Lipinski definition) is 3. The zero-order valence-corrected chi connectivity index (χ0v) is 14.4. The van der Waals surface area contributed by atoms with E-state index in [1.54, 1.807) is 38.4 Å². The van der Waals surface area contributed by atoms with E-state index in [1.807, 2.05) is 4.90 Å². The van der Waals surface area contributed by atoms with E-state index in [1.165, 1.54) is 11.3 Å². The minimum Gasteiger partial charge on any atom is -0.484 e. The summed E-state index contributed by atoms with van der Waals surface area (Å²) < 4.78 is 5.60. The average molecular weight is 318 g/mol. The topological polar surface area (TPSA) is 49.9 Å². The molecule has 0 aliphatic carbocycles. The molecule has 0 radical (unpaired) electrons. The Balaban J connectivity index is 1.92. The van der Waals surface area contributed by atoms with Crippen molar-refractivity contribution in [2.45, 2.75) is 45.2 Å². The molecule has 126 valence electrons. The molecule has 1 saturated heterocycles. The summed E-state index contributed by atoms with van der Waals surface area (Å²) in [6, 6.07) is 7.44. The van der Waals surface area contributed by atoms with Gasteiger partial charge >= 0.3 is 0 Å². The Labute approximate surface area is 138 Å². The molecular weight excluding hydrogens is 292 g/mol. The fraction of sp³-hybridized carbons (Fsp3) is 0.556. The standard InChI is InChI=1S/C18H26N2O3/c1-13-6-5-7-14(2)20(13)17(21)12-23-16-10-8-15(9-11-16)18(22)19(3)4/h8-11,13-14H,5-7,12H2,1-4H3. The van der Waals surface area contributed by atoms with E-state index in [0.717, 1.165) is 12.8 Å². The third-order valence-corrected chi connectivity index (χ3v) is 4.35. The number of benzene rings is 1. The molecule has 1 aromatic carbocycles.